The first kappa shape index (κ1) is 18.5. The van der Waals surface area contributed by atoms with Gasteiger partial charge in [0, 0.05) is 62.8 Å². The molecule has 1 aromatic heterocycles. The Morgan fingerprint density at radius 3 is 2.86 bits per heavy atom. The van der Waals surface area contributed by atoms with E-state index in [2.05, 4.69) is 4.98 Å². The van der Waals surface area contributed by atoms with E-state index in [1.807, 2.05) is 4.90 Å². The molecule has 1 fully saturated rings. The summed E-state index contributed by atoms with van der Waals surface area (Å²) in [5.41, 5.74) is 2.25. The first-order chi connectivity index (χ1) is 13.5. The molecule has 4 rings (SSSR count). The number of amides is 2. The average Bonchev–Trinajstić information content (AvgIpc) is 2.72. The first-order valence-corrected chi connectivity index (χ1v) is 9.66. The second-order valence-corrected chi connectivity index (χ2v) is 7.49. The Morgan fingerprint density at radius 1 is 1.21 bits per heavy atom. The molecule has 0 bridgehead atoms. The fourth-order valence-corrected chi connectivity index (χ4v) is 3.98. The third-order valence-corrected chi connectivity index (χ3v) is 5.54. The standard InChI is InChI=1S/C21H23FN4O2/c1-14(27)25-8-3-5-16(12-25)20-23-11-17-13-26(9-7-19(17)24-20)21(28)15-4-2-6-18(22)10-15/h2,4,6,10-11,16H,3,5,7-9,12-13H2,1H3/t16-/m0/s1. The third-order valence-electron chi connectivity index (χ3n) is 5.54. The zero-order valence-electron chi connectivity index (χ0n) is 15.9. The van der Waals surface area contributed by atoms with Crippen LogP contribution in [-0.4, -0.2) is 51.2 Å². The number of rotatable bonds is 2. The molecule has 28 heavy (non-hydrogen) atoms. The maximum Gasteiger partial charge on any atom is 0.254 e. The number of carbonyl (C=O) groups excluding carboxylic acids is 2. The van der Waals surface area contributed by atoms with Crippen molar-refractivity contribution in [3.63, 3.8) is 0 Å². The van der Waals surface area contributed by atoms with Crippen molar-refractivity contribution in [1.82, 2.24) is 19.8 Å². The highest BCUT2D eigenvalue weighted by Crippen LogP contribution is 2.26. The zero-order chi connectivity index (χ0) is 19.7. The van der Waals surface area contributed by atoms with E-state index in [-0.39, 0.29) is 17.7 Å². The minimum Gasteiger partial charge on any atom is -0.342 e. The number of halogens is 1. The van der Waals surface area contributed by atoms with Crippen LogP contribution in [0.25, 0.3) is 0 Å². The SMILES string of the molecule is CC(=O)N1CCC[C@H](c2ncc3c(n2)CCN(C(=O)c2cccc(F)c2)C3)C1. The highest BCUT2D eigenvalue weighted by Gasteiger charge is 2.28. The zero-order valence-corrected chi connectivity index (χ0v) is 15.9. The molecular formula is C21H23FN4O2. The van der Waals surface area contributed by atoms with Gasteiger partial charge in [0.05, 0.1) is 5.69 Å². The lowest BCUT2D eigenvalue weighted by Gasteiger charge is -2.32. The van der Waals surface area contributed by atoms with Gasteiger partial charge in [0.15, 0.2) is 0 Å². The van der Waals surface area contributed by atoms with Crippen LogP contribution in [0.2, 0.25) is 0 Å². The molecule has 2 amide bonds. The lowest BCUT2D eigenvalue weighted by molar-refractivity contribution is -0.130. The minimum atomic E-state index is -0.414. The summed E-state index contributed by atoms with van der Waals surface area (Å²) in [4.78, 5) is 37.2. The van der Waals surface area contributed by atoms with Crippen LogP contribution in [0.15, 0.2) is 30.5 Å². The van der Waals surface area contributed by atoms with Crippen LogP contribution >= 0.6 is 0 Å². The van der Waals surface area contributed by atoms with Crippen molar-refractivity contribution >= 4 is 11.8 Å². The number of piperidine rings is 1. The fraction of sp³-hybridized carbons (Fsp3) is 0.429. The summed E-state index contributed by atoms with van der Waals surface area (Å²) in [5.74, 6) is 0.445. The Bertz CT molecular complexity index is 917. The van der Waals surface area contributed by atoms with Crippen molar-refractivity contribution in [1.29, 1.82) is 0 Å². The molecule has 2 aliphatic rings. The molecular weight excluding hydrogens is 359 g/mol. The monoisotopic (exact) mass is 382 g/mol. The predicted molar refractivity (Wildman–Crippen MR) is 101 cm³/mol. The number of likely N-dealkylation sites (tertiary alicyclic amines) is 1. The van der Waals surface area contributed by atoms with Crippen LogP contribution in [0.4, 0.5) is 4.39 Å². The summed E-state index contributed by atoms with van der Waals surface area (Å²) >= 11 is 0. The smallest absolute Gasteiger partial charge is 0.254 e. The van der Waals surface area contributed by atoms with Gasteiger partial charge in [0.2, 0.25) is 5.91 Å². The summed E-state index contributed by atoms with van der Waals surface area (Å²) < 4.78 is 13.4. The molecule has 0 aliphatic carbocycles. The van der Waals surface area contributed by atoms with Crippen molar-refractivity contribution < 1.29 is 14.0 Å². The molecule has 0 unspecified atom stereocenters. The topological polar surface area (TPSA) is 66.4 Å². The van der Waals surface area contributed by atoms with Crippen LogP contribution in [0.1, 0.15) is 53.1 Å². The number of benzene rings is 1. The quantitative estimate of drug-likeness (QED) is 0.801. The normalized spacial score (nSPS) is 19.3. The number of hydrogen-bond donors (Lipinski definition) is 0. The van der Waals surface area contributed by atoms with E-state index in [9.17, 15) is 14.0 Å². The summed E-state index contributed by atoms with van der Waals surface area (Å²) in [6.07, 6.45) is 4.39. The molecule has 1 saturated heterocycles. The number of fused-ring (bicyclic) bond motifs is 1. The van der Waals surface area contributed by atoms with Gasteiger partial charge in [-0.2, -0.15) is 0 Å². The van der Waals surface area contributed by atoms with Crippen LogP contribution in [0, 0.1) is 5.82 Å². The summed E-state index contributed by atoms with van der Waals surface area (Å²) in [6.45, 7) is 4.03. The van der Waals surface area contributed by atoms with Crippen molar-refractivity contribution in [3.8, 4) is 0 Å². The Kier molecular flexibility index (Phi) is 5.07. The van der Waals surface area contributed by atoms with E-state index < -0.39 is 5.82 Å². The molecule has 3 heterocycles. The second-order valence-electron chi connectivity index (χ2n) is 7.49. The Balaban J connectivity index is 1.49. The van der Waals surface area contributed by atoms with Gasteiger partial charge >= 0.3 is 0 Å². The largest absolute Gasteiger partial charge is 0.342 e. The number of nitrogens with zero attached hydrogens (tertiary/aromatic N) is 4. The van der Waals surface area contributed by atoms with Crippen molar-refractivity contribution in [2.75, 3.05) is 19.6 Å². The first-order valence-electron chi connectivity index (χ1n) is 9.66. The van der Waals surface area contributed by atoms with Gasteiger partial charge in [-0.15, -0.1) is 0 Å². The van der Waals surface area contributed by atoms with Crippen LogP contribution in [0.5, 0.6) is 0 Å². The van der Waals surface area contributed by atoms with Gasteiger partial charge in [0.25, 0.3) is 5.91 Å². The van der Waals surface area contributed by atoms with Crippen molar-refractivity contribution in [2.24, 2.45) is 0 Å². The maximum absolute atomic E-state index is 13.4. The van der Waals surface area contributed by atoms with Crippen LogP contribution in [-0.2, 0) is 17.8 Å². The number of carbonyl (C=O) groups is 2. The van der Waals surface area contributed by atoms with E-state index >= 15 is 0 Å². The van der Waals surface area contributed by atoms with Crippen molar-refractivity contribution in [3.05, 3.63) is 58.9 Å². The van der Waals surface area contributed by atoms with Gasteiger partial charge in [-0.3, -0.25) is 9.59 Å². The summed E-state index contributed by atoms with van der Waals surface area (Å²) in [7, 11) is 0. The van der Waals surface area contributed by atoms with E-state index in [1.165, 1.54) is 12.1 Å². The maximum atomic E-state index is 13.4. The van der Waals surface area contributed by atoms with Gasteiger partial charge in [-0.1, -0.05) is 6.07 Å². The average molecular weight is 382 g/mol. The van der Waals surface area contributed by atoms with Gasteiger partial charge < -0.3 is 9.80 Å². The molecule has 0 spiro atoms. The molecule has 2 aliphatic heterocycles. The van der Waals surface area contributed by atoms with E-state index in [0.29, 0.717) is 31.6 Å². The molecule has 6 nitrogen and oxygen atoms in total. The summed E-state index contributed by atoms with van der Waals surface area (Å²) in [6, 6.07) is 5.77. The molecule has 1 aromatic carbocycles. The molecule has 0 N–H and O–H groups in total. The Hall–Kier alpha value is -2.83. The molecule has 7 heteroatoms. The molecule has 2 aromatic rings. The van der Waals surface area contributed by atoms with E-state index in [1.54, 1.807) is 30.2 Å². The van der Waals surface area contributed by atoms with E-state index in [4.69, 9.17) is 4.98 Å². The fourth-order valence-electron chi connectivity index (χ4n) is 3.98. The minimum absolute atomic E-state index is 0.0918. The highest BCUT2D eigenvalue weighted by molar-refractivity contribution is 5.94. The molecule has 1 atom stereocenters. The van der Waals surface area contributed by atoms with Gasteiger partial charge in [-0.05, 0) is 31.0 Å². The highest BCUT2D eigenvalue weighted by atomic mass is 19.1. The van der Waals surface area contributed by atoms with Gasteiger partial charge in [0.1, 0.15) is 11.6 Å². The third kappa shape index (κ3) is 3.74. The Labute approximate surface area is 163 Å². The number of aromatic nitrogens is 2. The van der Waals surface area contributed by atoms with E-state index in [0.717, 1.165) is 36.5 Å². The summed E-state index contributed by atoms with van der Waals surface area (Å²) in [5, 5.41) is 0. The molecule has 146 valence electrons. The molecule has 0 saturated carbocycles. The van der Waals surface area contributed by atoms with Crippen LogP contribution < -0.4 is 0 Å². The van der Waals surface area contributed by atoms with Crippen LogP contribution in [0.3, 0.4) is 0 Å². The number of hydrogen-bond acceptors (Lipinski definition) is 4. The second kappa shape index (κ2) is 7.66. The lowest BCUT2D eigenvalue weighted by Crippen LogP contribution is -2.39. The molecule has 0 radical (unpaired) electrons. The van der Waals surface area contributed by atoms with Gasteiger partial charge in [-0.25, -0.2) is 14.4 Å². The Morgan fingerprint density at radius 2 is 2.07 bits per heavy atom. The lowest BCUT2D eigenvalue weighted by atomic mass is 9.96. The predicted octanol–water partition coefficient (Wildman–Crippen LogP) is 2.54. The van der Waals surface area contributed by atoms with Crippen molar-refractivity contribution in [2.45, 2.75) is 38.6 Å².